The molecule has 2 aromatic rings. The maximum atomic E-state index is 11.6. The highest BCUT2D eigenvalue weighted by Gasteiger charge is 2.20. The molecule has 1 heterocycles. The highest BCUT2D eigenvalue weighted by molar-refractivity contribution is 6.08. The van der Waals surface area contributed by atoms with Crippen molar-refractivity contribution < 1.29 is 4.79 Å². The van der Waals surface area contributed by atoms with Crippen LogP contribution in [0.5, 0.6) is 0 Å². The Morgan fingerprint density at radius 1 is 1.24 bits per heavy atom. The predicted octanol–water partition coefficient (Wildman–Crippen LogP) is 2.56. The van der Waals surface area contributed by atoms with Crippen molar-refractivity contribution in [1.82, 2.24) is 5.32 Å². The summed E-state index contributed by atoms with van der Waals surface area (Å²) in [5.41, 5.74) is 11.6. The zero-order chi connectivity index (χ0) is 17.8. The Labute approximate surface area is 147 Å². The fourth-order valence-electron chi connectivity index (χ4n) is 3.17. The number of carbonyl (C=O) groups excluding carboxylic acids is 1. The van der Waals surface area contributed by atoms with Crippen LogP contribution in [0.1, 0.15) is 27.0 Å². The largest absolute Gasteiger partial charge is 0.404 e. The Kier molecular flexibility index (Phi) is 4.84. The molecule has 0 saturated heterocycles. The van der Waals surface area contributed by atoms with E-state index in [4.69, 9.17) is 11.1 Å². The summed E-state index contributed by atoms with van der Waals surface area (Å²) < 4.78 is 0. The number of benzene rings is 2. The van der Waals surface area contributed by atoms with Gasteiger partial charge in [-0.3, -0.25) is 4.79 Å². The first-order chi connectivity index (χ1) is 12.2. The minimum Gasteiger partial charge on any atom is -0.404 e. The molecule has 0 radical (unpaired) electrons. The van der Waals surface area contributed by atoms with Crippen LogP contribution in [-0.2, 0) is 13.0 Å². The third-order valence-corrected chi connectivity index (χ3v) is 4.56. The third-order valence-electron chi connectivity index (χ3n) is 4.56. The SMILES string of the molecule is CNC(=O)c1ccc(CN2CCc3cc(/C(C=N)=C/N)ccc32)cc1. The lowest BCUT2D eigenvalue weighted by molar-refractivity contribution is 0.0963. The van der Waals surface area contributed by atoms with Gasteiger partial charge in [-0.1, -0.05) is 18.2 Å². The van der Waals surface area contributed by atoms with Crippen LogP contribution in [0.3, 0.4) is 0 Å². The lowest BCUT2D eigenvalue weighted by Crippen LogP contribution is -2.20. The van der Waals surface area contributed by atoms with Crippen molar-refractivity contribution in [1.29, 1.82) is 5.41 Å². The first-order valence-electron chi connectivity index (χ1n) is 8.28. The Morgan fingerprint density at radius 3 is 2.60 bits per heavy atom. The molecule has 0 atom stereocenters. The molecule has 128 valence electrons. The Hall–Kier alpha value is -3.08. The molecule has 3 rings (SSSR count). The fraction of sp³-hybridized carbons (Fsp3) is 0.200. The molecule has 25 heavy (non-hydrogen) atoms. The second-order valence-electron chi connectivity index (χ2n) is 6.06. The number of allylic oxidation sites excluding steroid dienone is 1. The Bertz CT molecular complexity index is 824. The maximum absolute atomic E-state index is 11.6. The first-order valence-corrected chi connectivity index (χ1v) is 8.28. The van der Waals surface area contributed by atoms with E-state index >= 15 is 0 Å². The predicted molar refractivity (Wildman–Crippen MR) is 102 cm³/mol. The van der Waals surface area contributed by atoms with Gasteiger partial charge in [0.25, 0.3) is 5.91 Å². The lowest BCUT2D eigenvalue weighted by Gasteiger charge is -2.20. The molecule has 5 nitrogen and oxygen atoms in total. The summed E-state index contributed by atoms with van der Waals surface area (Å²) in [6, 6.07) is 13.9. The molecule has 0 aliphatic carbocycles. The van der Waals surface area contributed by atoms with Crippen molar-refractivity contribution >= 4 is 23.4 Å². The van der Waals surface area contributed by atoms with Gasteiger partial charge < -0.3 is 21.4 Å². The molecule has 1 aliphatic rings. The molecule has 1 amide bonds. The van der Waals surface area contributed by atoms with Gasteiger partial charge in [0.15, 0.2) is 0 Å². The summed E-state index contributed by atoms with van der Waals surface area (Å²) in [5.74, 6) is -0.0689. The number of fused-ring (bicyclic) bond motifs is 1. The number of anilines is 1. The van der Waals surface area contributed by atoms with Crippen LogP contribution in [0.4, 0.5) is 5.69 Å². The second-order valence-corrected chi connectivity index (χ2v) is 6.06. The average Bonchev–Trinajstić information content (AvgIpc) is 3.05. The monoisotopic (exact) mass is 334 g/mol. The number of rotatable bonds is 5. The fourth-order valence-corrected chi connectivity index (χ4v) is 3.17. The van der Waals surface area contributed by atoms with Gasteiger partial charge in [0, 0.05) is 49.4 Å². The molecule has 0 bridgehead atoms. The van der Waals surface area contributed by atoms with Crippen molar-refractivity contribution in [2.75, 3.05) is 18.5 Å². The summed E-state index contributed by atoms with van der Waals surface area (Å²) in [6.07, 6.45) is 3.73. The van der Waals surface area contributed by atoms with E-state index < -0.39 is 0 Å². The van der Waals surface area contributed by atoms with Gasteiger partial charge in [0.1, 0.15) is 0 Å². The lowest BCUT2D eigenvalue weighted by atomic mass is 10.0. The zero-order valence-corrected chi connectivity index (χ0v) is 14.3. The minimum absolute atomic E-state index is 0.0689. The van der Waals surface area contributed by atoms with Gasteiger partial charge >= 0.3 is 0 Å². The van der Waals surface area contributed by atoms with E-state index in [-0.39, 0.29) is 5.91 Å². The number of carbonyl (C=O) groups is 1. The summed E-state index contributed by atoms with van der Waals surface area (Å²) >= 11 is 0. The Balaban J connectivity index is 1.77. The van der Waals surface area contributed by atoms with Crippen LogP contribution in [0.15, 0.2) is 48.7 Å². The Morgan fingerprint density at radius 2 is 1.96 bits per heavy atom. The number of nitrogens with two attached hydrogens (primary N) is 1. The van der Waals surface area contributed by atoms with Gasteiger partial charge in [-0.25, -0.2) is 0 Å². The number of nitrogens with one attached hydrogen (secondary N) is 2. The molecular weight excluding hydrogens is 312 g/mol. The van der Waals surface area contributed by atoms with Gasteiger partial charge in [-0.15, -0.1) is 0 Å². The molecule has 5 heteroatoms. The highest BCUT2D eigenvalue weighted by atomic mass is 16.1. The van der Waals surface area contributed by atoms with E-state index in [2.05, 4.69) is 22.3 Å². The average molecular weight is 334 g/mol. The van der Waals surface area contributed by atoms with E-state index in [9.17, 15) is 4.79 Å². The van der Waals surface area contributed by atoms with Crippen LogP contribution >= 0.6 is 0 Å². The quantitative estimate of drug-likeness (QED) is 0.735. The molecular formula is C20H22N4O. The number of hydrogen-bond acceptors (Lipinski definition) is 4. The number of amides is 1. The second kappa shape index (κ2) is 7.21. The summed E-state index contributed by atoms with van der Waals surface area (Å²) in [4.78, 5) is 14.0. The number of nitrogens with zero attached hydrogens (tertiary/aromatic N) is 1. The highest BCUT2D eigenvalue weighted by Crippen LogP contribution is 2.31. The third kappa shape index (κ3) is 3.40. The molecule has 4 N–H and O–H groups in total. The van der Waals surface area contributed by atoms with Crippen LogP contribution < -0.4 is 16.0 Å². The summed E-state index contributed by atoms with van der Waals surface area (Å²) in [6.45, 7) is 1.77. The van der Waals surface area contributed by atoms with Gasteiger partial charge in [0.2, 0.25) is 0 Å². The van der Waals surface area contributed by atoms with Crippen molar-refractivity contribution in [2.24, 2.45) is 5.73 Å². The first kappa shape index (κ1) is 16.8. The van der Waals surface area contributed by atoms with E-state index in [1.54, 1.807) is 7.05 Å². The van der Waals surface area contributed by atoms with Crippen molar-refractivity contribution in [3.8, 4) is 0 Å². The van der Waals surface area contributed by atoms with E-state index in [1.165, 1.54) is 29.2 Å². The molecule has 0 saturated carbocycles. The normalized spacial score (nSPS) is 13.5. The standard InChI is InChI=1S/C20H22N4O/c1-23-20(25)15-4-2-14(3-5-15)13-24-9-8-17-10-16(6-7-19(17)24)18(11-21)12-22/h2-7,10-12,21H,8-9,13,22H2,1H3,(H,23,25)/b18-12+,21-11?. The topological polar surface area (TPSA) is 82.2 Å². The van der Waals surface area contributed by atoms with Gasteiger partial charge in [0.05, 0.1) is 0 Å². The van der Waals surface area contributed by atoms with E-state index in [0.717, 1.165) is 30.6 Å². The van der Waals surface area contributed by atoms with Gasteiger partial charge in [-0.05, 0) is 47.4 Å². The maximum Gasteiger partial charge on any atom is 0.251 e. The molecule has 0 aromatic heterocycles. The summed E-state index contributed by atoms with van der Waals surface area (Å²) in [7, 11) is 1.63. The molecule has 0 unspecified atom stereocenters. The smallest absolute Gasteiger partial charge is 0.251 e. The molecule has 2 aromatic carbocycles. The van der Waals surface area contributed by atoms with E-state index in [0.29, 0.717) is 5.56 Å². The van der Waals surface area contributed by atoms with Crippen molar-refractivity contribution in [3.05, 3.63) is 70.9 Å². The van der Waals surface area contributed by atoms with Crippen LogP contribution in [0.2, 0.25) is 0 Å². The van der Waals surface area contributed by atoms with Crippen molar-refractivity contribution in [2.45, 2.75) is 13.0 Å². The van der Waals surface area contributed by atoms with Crippen LogP contribution in [0.25, 0.3) is 5.57 Å². The minimum atomic E-state index is -0.0689. The van der Waals surface area contributed by atoms with E-state index in [1.807, 2.05) is 30.3 Å². The van der Waals surface area contributed by atoms with Crippen LogP contribution in [-0.4, -0.2) is 25.7 Å². The summed E-state index contributed by atoms with van der Waals surface area (Å²) in [5, 5.41) is 10.1. The molecule has 0 spiro atoms. The van der Waals surface area contributed by atoms with Crippen LogP contribution in [0, 0.1) is 5.41 Å². The molecule has 0 fully saturated rings. The number of hydrogen-bond donors (Lipinski definition) is 3. The van der Waals surface area contributed by atoms with Gasteiger partial charge in [-0.2, -0.15) is 0 Å². The van der Waals surface area contributed by atoms with Crippen molar-refractivity contribution in [3.63, 3.8) is 0 Å². The molecule has 1 aliphatic heterocycles. The zero-order valence-electron chi connectivity index (χ0n) is 14.3.